The second-order valence-corrected chi connectivity index (χ2v) is 6.24. The summed E-state index contributed by atoms with van der Waals surface area (Å²) in [5, 5.41) is 5.87. The predicted octanol–water partition coefficient (Wildman–Crippen LogP) is 2.71. The van der Waals surface area contributed by atoms with Crippen LogP contribution in [0.5, 0.6) is 0 Å². The number of nitrogens with zero attached hydrogens (tertiary/aromatic N) is 3. The van der Waals surface area contributed by atoms with E-state index in [9.17, 15) is 13.6 Å². The van der Waals surface area contributed by atoms with Gasteiger partial charge in [-0.1, -0.05) is 0 Å². The summed E-state index contributed by atoms with van der Waals surface area (Å²) in [5.41, 5.74) is 6.08. The minimum absolute atomic E-state index is 0.254. The van der Waals surface area contributed by atoms with Crippen molar-refractivity contribution in [1.82, 2.24) is 14.5 Å². The van der Waals surface area contributed by atoms with Crippen molar-refractivity contribution in [3.63, 3.8) is 0 Å². The Morgan fingerprint density at radius 1 is 1.38 bits per heavy atom. The van der Waals surface area contributed by atoms with Gasteiger partial charge in [-0.25, -0.2) is 18.7 Å². The summed E-state index contributed by atoms with van der Waals surface area (Å²) in [7, 11) is 1.71. The summed E-state index contributed by atoms with van der Waals surface area (Å²) in [6.45, 7) is 1.77. The number of pyridine rings is 1. The highest BCUT2D eigenvalue weighted by Gasteiger charge is 2.46. The molecule has 3 rings (SSSR count). The molecule has 0 amide bonds. The van der Waals surface area contributed by atoms with E-state index < -0.39 is 12.0 Å². The highest BCUT2D eigenvalue weighted by Crippen LogP contribution is 2.44. The lowest BCUT2D eigenvalue weighted by atomic mass is 9.88. The van der Waals surface area contributed by atoms with Crippen molar-refractivity contribution < 1.29 is 8.78 Å². The number of anilines is 3. The molecule has 0 aliphatic heterocycles. The molecule has 0 bridgehead atoms. The van der Waals surface area contributed by atoms with E-state index in [0.717, 1.165) is 0 Å². The number of halogens is 2. The summed E-state index contributed by atoms with van der Waals surface area (Å²) < 4.78 is 27.6. The van der Waals surface area contributed by atoms with Gasteiger partial charge in [-0.3, -0.25) is 4.79 Å². The molecule has 0 radical (unpaired) electrons. The first-order valence-corrected chi connectivity index (χ1v) is 8.14. The zero-order valence-electron chi connectivity index (χ0n) is 14.5. The topological polar surface area (TPSA) is 97.9 Å². The Kier molecular flexibility index (Phi) is 4.62. The molecule has 0 spiro atoms. The van der Waals surface area contributed by atoms with Crippen molar-refractivity contribution in [2.45, 2.75) is 31.7 Å². The maximum atomic E-state index is 13.1. The molecule has 2 heterocycles. The first-order chi connectivity index (χ1) is 12.3. The minimum Gasteiger partial charge on any atom is -0.404 e. The van der Waals surface area contributed by atoms with Gasteiger partial charge in [-0.15, -0.1) is 0 Å². The lowest BCUT2D eigenvalue weighted by Gasteiger charge is -2.36. The Morgan fingerprint density at radius 2 is 2.08 bits per heavy atom. The molecule has 26 heavy (non-hydrogen) atoms. The summed E-state index contributed by atoms with van der Waals surface area (Å²) >= 11 is 0. The van der Waals surface area contributed by atoms with E-state index in [1.54, 1.807) is 32.2 Å². The van der Waals surface area contributed by atoms with Crippen LogP contribution in [0.3, 0.4) is 0 Å². The molecule has 9 heteroatoms. The van der Waals surface area contributed by atoms with Crippen LogP contribution in [-0.2, 0) is 0 Å². The van der Waals surface area contributed by atoms with Crippen LogP contribution < -0.4 is 21.9 Å². The van der Waals surface area contributed by atoms with Gasteiger partial charge in [-0.2, -0.15) is 0 Å². The second kappa shape index (κ2) is 6.74. The normalized spacial score (nSPS) is 16.8. The van der Waals surface area contributed by atoms with Gasteiger partial charge < -0.3 is 20.9 Å². The number of allylic oxidation sites excluding steroid dienone is 1. The Labute approximate surface area is 149 Å². The molecular formula is C17H20F2N6O. The van der Waals surface area contributed by atoms with Crippen molar-refractivity contribution in [1.29, 1.82) is 0 Å². The largest absolute Gasteiger partial charge is 0.404 e. The maximum absolute atomic E-state index is 13.1. The maximum Gasteiger partial charge on any atom is 0.274 e. The fraction of sp³-hybridized carbons (Fsp3) is 0.353. The molecule has 1 fully saturated rings. The van der Waals surface area contributed by atoms with Gasteiger partial charge in [0.1, 0.15) is 17.3 Å². The number of nitrogens with one attached hydrogen (secondary N) is 2. The summed E-state index contributed by atoms with van der Waals surface area (Å²) in [4.78, 5) is 21.2. The molecule has 0 atom stereocenters. The fourth-order valence-corrected chi connectivity index (χ4v) is 2.75. The average Bonchev–Trinajstić information content (AvgIpc) is 2.60. The van der Waals surface area contributed by atoms with Crippen LogP contribution in [0.4, 0.5) is 26.1 Å². The van der Waals surface area contributed by atoms with E-state index in [1.165, 1.54) is 17.0 Å². The third-order valence-electron chi connectivity index (χ3n) is 4.28. The summed E-state index contributed by atoms with van der Waals surface area (Å²) in [6.07, 6.45) is 2.28. The second-order valence-electron chi connectivity index (χ2n) is 6.24. The minimum atomic E-state index is -2.69. The molecule has 0 unspecified atom stereocenters. The van der Waals surface area contributed by atoms with Crippen LogP contribution in [0.25, 0.3) is 5.57 Å². The van der Waals surface area contributed by atoms with Gasteiger partial charge in [0, 0.05) is 50.0 Å². The molecule has 7 nitrogen and oxygen atoms in total. The average molecular weight is 362 g/mol. The molecule has 4 N–H and O–H groups in total. The Hall–Kier alpha value is -2.97. The smallest absolute Gasteiger partial charge is 0.274 e. The molecule has 1 aliphatic carbocycles. The van der Waals surface area contributed by atoms with E-state index >= 15 is 0 Å². The number of hydrogen-bond acceptors (Lipinski definition) is 6. The van der Waals surface area contributed by atoms with Crippen molar-refractivity contribution in [3.8, 4) is 0 Å². The van der Waals surface area contributed by atoms with Crippen LogP contribution in [-0.4, -0.2) is 27.5 Å². The van der Waals surface area contributed by atoms with Crippen molar-refractivity contribution in [2.75, 3.05) is 17.7 Å². The Bertz CT molecular complexity index is 900. The predicted molar refractivity (Wildman–Crippen MR) is 96.6 cm³/mol. The summed E-state index contributed by atoms with van der Waals surface area (Å²) in [5.74, 6) is -1.33. The van der Waals surface area contributed by atoms with Crippen molar-refractivity contribution in [3.05, 3.63) is 46.8 Å². The van der Waals surface area contributed by atoms with E-state index in [-0.39, 0.29) is 24.1 Å². The molecule has 0 saturated heterocycles. The Morgan fingerprint density at radius 3 is 2.69 bits per heavy atom. The first kappa shape index (κ1) is 17.8. The first-order valence-electron chi connectivity index (χ1n) is 8.14. The van der Waals surface area contributed by atoms with Gasteiger partial charge in [-0.05, 0) is 19.1 Å². The fourth-order valence-electron chi connectivity index (χ4n) is 2.75. The van der Waals surface area contributed by atoms with E-state index in [1.807, 2.05) is 0 Å². The molecule has 1 aliphatic rings. The van der Waals surface area contributed by atoms with E-state index in [0.29, 0.717) is 23.0 Å². The van der Waals surface area contributed by atoms with Crippen molar-refractivity contribution >= 4 is 22.9 Å². The van der Waals surface area contributed by atoms with Gasteiger partial charge in [0.2, 0.25) is 0 Å². The number of alkyl halides is 2. The Balaban J connectivity index is 1.91. The monoisotopic (exact) mass is 362 g/mol. The third-order valence-corrected chi connectivity index (χ3v) is 4.28. The molecular weight excluding hydrogens is 342 g/mol. The van der Waals surface area contributed by atoms with Gasteiger partial charge in [0.25, 0.3) is 11.5 Å². The number of nitrogens with two attached hydrogens (primary N) is 1. The van der Waals surface area contributed by atoms with Gasteiger partial charge in [0.05, 0.1) is 0 Å². The van der Waals surface area contributed by atoms with Crippen LogP contribution >= 0.6 is 0 Å². The zero-order valence-corrected chi connectivity index (χ0v) is 14.5. The lowest BCUT2D eigenvalue weighted by molar-refractivity contribution is -0.104. The van der Waals surface area contributed by atoms with E-state index in [4.69, 9.17) is 5.73 Å². The van der Waals surface area contributed by atoms with Crippen LogP contribution in [0.2, 0.25) is 0 Å². The number of hydrogen-bond donors (Lipinski definition) is 3. The quantitative estimate of drug-likeness (QED) is 0.757. The third kappa shape index (κ3) is 3.51. The number of aromatic nitrogens is 3. The molecule has 2 aromatic rings. The number of rotatable bonds is 5. The van der Waals surface area contributed by atoms with Gasteiger partial charge >= 0.3 is 0 Å². The standard InChI is InChI=1S/C17H20F2N6O/c1-10(9-20)15-23-13(21-2)6-14(24-15)22-12-4-3-5-25(16(12)26)11-7-17(18,19)8-11/h3-6,9,11H,7-8,20H2,1-2H3,(H2,21,22,23,24). The van der Waals surface area contributed by atoms with Gasteiger partial charge in [0.15, 0.2) is 5.82 Å². The van der Waals surface area contributed by atoms with Crippen LogP contribution in [0.15, 0.2) is 35.4 Å². The molecule has 138 valence electrons. The highest BCUT2D eigenvalue weighted by molar-refractivity contribution is 5.64. The van der Waals surface area contributed by atoms with Crippen LogP contribution in [0, 0.1) is 0 Å². The molecule has 1 saturated carbocycles. The highest BCUT2D eigenvalue weighted by atomic mass is 19.3. The SMILES string of the molecule is CNc1cc(Nc2cccn(C3CC(F)(F)C3)c2=O)nc(C(C)=CN)n1. The zero-order chi connectivity index (χ0) is 18.9. The summed E-state index contributed by atoms with van der Waals surface area (Å²) in [6, 6.07) is 4.38. The molecule has 0 aromatic carbocycles. The van der Waals surface area contributed by atoms with Crippen molar-refractivity contribution in [2.24, 2.45) is 5.73 Å². The van der Waals surface area contributed by atoms with E-state index in [2.05, 4.69) is 20.6 Å². The lowest BCUT2D eigenvalue weighted by Crippen LogP contribution is -2.41. The molecule has 2 aromatic heterocycles. The van der Waals surface area contributed by atoms with Crippen LogP contribution in [0.1, 0.15) is 31.6 Å².